The first-order valence-corrected chi connectivity index (χ1v) is 10.9. The number of anilines is 3. The molecule has 0 spiro atoms. The molecule has 4 rings (SSSR count). The number of nitriles is 1. The number of hydrogen-bond donors (Lipinski definition) is 2. The summed E-state index contributed by atoms with van der Waals surface area (Å²) >= 11 is 1.20. The number of amides is 1. The van der Waals surface area contributed by atoms with Crippen LogP contribution in [0, 0.1) is 40.4 Å². The lowest BCUT2D eigenvalue weighted by Crippen LogP contribution is -2.48. The van der Waals surface area contributed by atoms with Gasteiger partial charge >= 0.3 is 6.09 Å². The molecule has 0 radical (unpaired) electrons. The fraction of sp³-hybridized carbons (Fsp3) is 0.238. The van der Waals surface area contributed by atoms with Crippen molar-refractivity contribution in [2.24, 2.45) is 0 Å². The van der Waals surface area contributed by atoms with Gasteiger partial charge in [0.1, 0.15) is 16.9 Å². The van der Waals surface area contributed by atoms with Gasteiger partial charge in [-0.3, -0.25) is 0 Å². The van der Waals surface area contributed by atoms with E-state index < -0.39 is 47.0 Å². The lowest BCUT2D eigenvalue weighted by Gasteiger charge is -2.32. The number of thiazole rings is 1. The quantitative estimate of drug-likeness (QED) is 0.294. The second-order valence-electron chi connectivity index (χ2n) is 7.34. The van der Waals surface area contributed by atoms with Crippen molar-refractivity contribution in [1.82, 2.24) is 15.3 Å². The molecule has 1 aliphatic heterocycles. The fourth-order valence-corrected chi connectivity index (χ4v) is 4.35. The van der Waals surface area contributed by atoms with Crippen LogP contribution in [0.15, 0.2) is 24.4 Å². The molecular formula is C21H15F5N6O2S. The molecule has 0 unspecified atom stereocenters. The highest BCUT2D eigenvalue weighted by molar-refractivity contribution is 7.19. The van der Waals surface area contributed by atoms with Gasteiger partial charge in [-0.05, 0) is 25.0 Å². The number of nitrogens with one attached hydrogen (secondary N) is 2. The van der Waals surface area contributed by atoms with Gasteiger partial charge in [0.2, 0.25) is 34.8 Å². The Morgan fingerprint density at radius 3 is 2.51 bits per heavy atom. The summed E-state index contributed by atoms with van der Waals surface area (Å²) in [6.45, 7) is 0.750. The van der Waals surface area contributed by atoms with E-state index in [2.05, 4.69) is 25.3 Å². The molecule has 35 heavy (non-hydrogen) atoms. The number of carbonyl (C=O) groups excluding carboxylic acids is 1. The molecule has 2 aromatic heterocycles. The van der Waals surface area contributed by atoms with Gasteiger partial charge in [0.25, 0.3) is 0 Å². The van der Waals surface area contributed by atoms with E-state index in [9.17, 15) is 32.0 Å². The minimum atomic E-state index is -2.35. The molecule has 1 saturated heterocycles. The maximum atomic E-state index is 13.8. The molecule has 1 atom stereocenters. The number of hydrogen-bond acceptors (Lipinski definition) is 8. The van der Waals surface area contributed by atoms with Crippen molar-refractivity contribution >= 4 is 33.4 Å². The van der Waals surface area contributed by atoms with Crippen molar-refractivity contribution in [2.45, 2.75) is 18.9 Å². The van der Waals surface area contributed by atoms with Crippen LogP contribution in [0.1, 0.15) is 18.5 Å². The van der Waals surface area contributed by atoms with Crippen LogP contribution >= 0.6 is 11.3 Å². The first kappa shape index (κ1) is 24.1. The van der Waals surface area contributed by atoms with E-state index in [1.807, 2.05) is 6.07 Å². The molecule has 0 aliphatic carbocycles. The molecule has 0 bridgehead atoms. The van der Waals surface area contributed by atoms with Gasteiger partial charge in [-0.1, -0.05) is 17.4 Å². The molecule has 182 valence electrons. The van der Waals surface area contributed by atoms with Crippen LogP contribution in [0.2, 0.25) is 0 Å². The van der Waals surface area contributed by atoms with Gasteiger partial charge in [-0.25, -0.2) is 27.9 Å². The van der Waals surface area contributed by atoms with Crippen molar-refractivity contribution in [3.8, 4) is 11.8 Å². The van der Waals surface area contributed by atoms with Gasteiger partial charge in [-0.15, -0.1) is 0 Å². The Balaban J connectivity index is 1.44. The molecule has 2 N–H and O–H groups in total. The average molecular weight is 510 g/mol. The zero-order valence-electron chi connectivity index (χ0n) is 17.6. The number of rotatable bonds is 5. The Morgan fingerprint density at radius 2 is 1.86 bits per heavy atom. The predicted octanol–water partition coefficient (Wildman–Crippen LogP) is 4.61. The molecule has 1 amide bonds. The topological polar surface area (TPSA) is 103 Å². The highest BCUT2D eigenvalue weighted by atomic mass is 32.1. The lowest BCUT2D eigenvalue weighted by molar-refractivity contribution is 0.187. The number of nitrogens with zero attached hydrogens (tertiary/aromatic N) is 4. The number of carbonyl (C=O) groups is 1. The first-order valence-electron chi connectivity index (χ1n) is 10.1. The second kappa shape index (κ2) is 10.1. The van der Waals surface area contributed by atoms with E-state index in [4.69, 9.17) is 0 Å². The maximum Gasteiger partial charge on any atom is 0.413 e. The maximum absolute atomic E-state index is 13.8. The van der Waals surface area contributed by atoms with Gasteiger partial charge in [0.05, 0.1) is 0 Å². The normalized spacial score (nSPS) is 15.4. The van der Waals surface area contributed by atoms with Gasteiger partial charge < -0.3 is 20.3 Å². The predicted molar refractivity (Wildman–Crippen MR) is 115 cm³/mol. The fourth-order valence-electron chi connectivity index (χ4n) is 3.39. The lowest BCUT2D eigenvalue weighted by atomic mass is 10.1. The number of piperidine rings is 1. The van der Waals surface area contributed by atoms with Gasteiger partial charge in [0.15, 0.2) is 10.8 Å². The van der Waals surface area contributed by atoms with Crippen molar-refractivity contribution < 1.29 is 31.5 Å². The van der Waals surface area contributed by atoms with Crippen molar-refractivity contribution in [3.63, 3.8) is 0 Å². The van der Waals surface area contributed by atoms with E-state index >= 15 is 0 Å². The molecule has 1 aromatic carbocycles. The highest BCUT2D eigenvalue weighted by Gasteiger charge is 2.30. The summed E-state index contributed by atoms with van der Waals surface area (Å²) in [4.78, 5) is 22.4. The van der Waals surface area contributed by atoms with Crippen LogP contribution in [-0.4, -0.2) is 35.2 Å². The van der Waals surface area contributed by atoms with Crippen LogP contribution in [0.25, 0.3) is 0 Å². The summed E-state index contributed by atoms with van der Waals surface area (Å²) in [6.07, 6.45) is 1.24. The summed E-state index contributed by atoms with van der Waals surface area (Å²) in [5.74, 6) is -12.5. The van der Waals surface area contributed by atoms with Crippen LogP contribution in [-0.2, 0) is 0 Å². The Labute approximate surface area is 199 Å². The third-order valence-corrected chi connectivity index (χ3v) is 6.04. The second-order valence-corrected chi connectivity index (χ2v) is 8.32. The first-order chi connectivity index (χ1) is 16.8. The average Bonchev–Trinajstić information content (AvgIpc) is 3.28. The molecule has 1 aliphatic rings. The van der Waals surface area contributed by atoms with Crippen LogP contribution < -0.4 is 20.3 Å². The Kier molecular flexibility index (Phi) is 6.97. The number of benzene rings is 1. The third-order valence-electron chi connectivity index (χ3n) is 5.01. The zero-order chi connectivity index (χ0) is 25.1. The summed E-state index contributed by atoms with van der Waals surface area (Å²) < 4.78 is 71.8. The molecule has 14 heteroatoms. The number of aromatic nitrogens is 2. The number of halogens is 5. The molecule has 3 heterocycles. The highest BCUT2D eigenvalue weighted by Crippen LogP contribution is 2.34. The molecule has 3 aromatic rings. The zero-order valence-corrected chi connectivity index (χ0v) is 18.4. The van der Waals surface area contributed by atoms with Crippen molar-refractivity contribution in [1.29, 1.82) is 5.26 Å². The van der Waals surface area contributed by atoms with E-state index in [1.54, 1.807) is 29.3 Å². The minimum absolute atomic E-state index is 0.149. The van der Waals surface area contributed by atoms with E-state index in [-0.39, 0.29) is 12.2 Å². The summed E-state index contributed by atoms with van der Waals surface area (Å²) in [7, 11) is 0. The van der Waals surface area contributed by atoms with Gasteiger partial charge in [-0.2, -0.15) is 14.0 Å². The van der Waals surface area contributed by atoms with Gasteiger partial charge in [0, 0.05) is 25.3 Å². The molecule has 8 nitrogen and oxygen atoms in total. The summed E-state index contributed by atoms with van der Waals surface area (Å²) in [6, 6.07) is 6.65. The van der Waals surface area contributed by atoms with Crippen LogP contribution in [0.3, 0.4) is 0 Å². The number of ether oxygens (including phenoxy) is 1. The molecular weight excluding hydrogens is 495 g/mol. The largest absolute Gasteiger partial charge is 0.413 e. The van der Waals surface area contributed by atoms with Crippen LogP contribution in [0.5, 0.6) is 5.75 Å². The monoisotopic (exact) mass is 510 g/mol. The van der Waals surface area contributed by atoms with Crippen molar-refractivity contribution in [3.05, 3.63) is 59.2 Å². The standard InChI is InChI=1S/C21H15F5N6O2S/c22-13-14(23)16(25)18(17(26)15(13)24)34-21(33)29-10-4-3-7-32(9-10)20-30-11(8-27)19(35-20)31-12-5-1-2-6-28-12/h1-2,5-6,10H,3-4,7,9H2,(H,28,31)(H,29,33)/t10-/m1/s1. The molecule has 1 fully saturated rings. The van der Waals surface area contributed by atoms with E-state index in [0.717, 1.165) is 0 Å². The summed E-state index contributed by atoms with van der Waals surface area (Å²) in [5.41, 5.74) is 0.149. The third kappa shape index (κ3) is 5.09. The van der Waals surface area contributed by atoms with E-state index in [1.165, 1.54) is 11.3 Å². The van der Waals surface area contributed by atoms with Crippen LogP contribution in [0.4, 0.5) is 42.7 Å². The minimum Gasteiger partial charge on any atom is -0.404 e. The smallest absolute Gasteiger partial charge is 0.404 e. The summed E-state index contributed by atoms with van der Waals surface area (Å²) in [5, 5.41) is 15.8. The van der Waals surface area contributed by atoms with E-state index in [0.29, 0.717) is 35.3 Å². The van der Waals surface area contributed by atoms with Crippen molar-refractivity contribution in [2.75, 3.05) is 23.3 Å². The Hall–Kier alpha value is -3.99. The molecule has 0 saturated carbocycles. The number of pyridine rings is 1. The SMILES string of the molecule is N#Cc1nc(N2CCC[C@@H](NC(=O)Oc3c(F)c(F)c(F)c(F)c3F)C2)sc1Nc1ccccn1. The Morgan fingerprint density at radius 1 is 1.14 bits per heavy atom. The Bertz CT molecular complexity index is 1270.